The second-order valence-electron chi connectivity index (χ2n) is 11.0. The monoisotopic (exact) mass is 559 g/mol. The number of alkyl halides is 3. The number of ether oxygens (including phenoxy) is 2. The summed E-state index contributed by atoms with van der Waals surface area (Å²) in [4.78, 5) is 16.9. The van der Waals surface area contributed by atoms with Gasteiger partial charge in [0.05, 0.1) is 17.9 Å². The van der Waals surface area contributed by atoms with Crippen LogP contribution in [-0.4, -0.2) is 34.4 Å². The van der Waals surface area contributed by atoms with Crippen molar-refractivity contribution in [3.05, 3.63) is 82.8 Å². The summed E-state index contributed by atoms with van der Waals surface area (Å²) in [6.07, 6.45) is 6.44. The van der Waals surface area contributed by atoms with E-state index in [0.717, 1.165) is 48.4 Å². The Hall–Kier alpha value is -3.49. The number of aryl methyl sites for hydroxylation is 1. The molecule has 0 spiro atoms. The molecule has 0 radical (unpaired) electrons. The van der Waals surface area contributed by atoms with Crippen molar-refractivity contribution >= 4 is 5.97 Å². The van der Waals surface area contributed by atoms with E-state index in [1.54, 1.807) is 24.3 Å². The minimum atomic E-state index is -4.48. The largest absolute Gasteiger partial charge is 0.493 e. The van der Waals surface area contributed by atoms with E-state index in [4.69, 9.17) is 18.9 Å². The van der Waals surface area contributed by atoms with Gasteiger partial charge in [-0.2, -0.15) is 13.2 Å². The summed E-state index contributed by atoms with van der Waals surface area (Å²) in [6, 6.07) is 7.02. The molecule has 0 bridgehead atoms. The van der Waals surface area contributed by atoms with Crippen LogP contribution in [-0.2, 0) is 27.8 Å². The van der Waals surface area contributed by atoms with Gasteiger partial charge in [0.25, 0.3) is 0 Å². The van der Waals surface area contributed by atoms with E-state index in [1.807, 2.05) is 6.92 Å². The normalized spacial score (nSPS) is 18.8. The highest BCUT2D eigenvalue weighted by Crippen LogP contribution is 2.39. The van der Waals surface area contributed by atoms with E-state index in [0.29, 0.717) is 24.3 Å². The zero-order valence-corrected chi connectivity index (χ0v) is 23.1. The van der Waals surface area contributed by atoms with Gasteiger partial charge in [-0.05, 0) is 69.0 Å². The maximum absolute atomic E-state index is 13.0. The van der Waals surface area contributed by atoms with Crippen molar-refractivity contribution in [3.63, 3.8) is 0 Å². The molecule has 1 heterocycles. The maximum Gasteiger partial charge on any atom is 0.416 e. The molecule has 1 atom stereocenters. The molecule has 0 saturated heterocycles. The molecule has 6 nitrogen and oxygen atoms in total. The topological polar surface area (TPSA) is 81.8 Å². The van der Waals surface area contributed by atoms with Crippen molar-refractivity contribution in [2.75, 3.05) is 6.61 Å². The van der Waals surface area contributed by atoms with Gasteiger partial charge in [0.15, 0.2) is 0 Å². The van der Waals surface area contributed by atoms with Crippen LogP contribution in [0.1, 0.15) is 75.3 Å². The first kappa shape index (κ1) is 29.5. The standard InChI is InChI=1S/C31H36F3NO5/c1-21-26(35-27(39-21)29(2)17-5-4-6-18-29)16-19-38-24-13-10-22(11-14-24)20-30(3,28(36)37)40-25-9-7-8-23(12-15-25)31(32,33)34/h8-15H,4-7,16-20H2,1-3H3,(H,36,37). The van der Waals surface area contributed by atoms with E-state index in [1.165, 1.54) is 32.3 Å². The zero-order chi connectivity index (χ0) is 29.0. The Labute approximate surface area is 232 Å². The van der Waals surface area contributed by atoms with Gasteiger partial charge in [-0.1, -0.05) is 44.4 Å². The summed E-state index contributed by atoms with van der Waals surface area (Å²) in [7, 11) is 0. The van der Waals surface area contributed by atoms with E-state index >= 15 is 0 Å². The number of carboxylic acid groups (broad SMARTS) is 1. The van der Waals surface area contributed by atoms with Crippen molar-refractivity contribution in [2.24, 2.45) is 0 Å². The lowest BCUT2D eigenvalue weighted by molar-refractivity contribution is -0.158. The molecule has 1 fully saturated rings. The number of carboxylic acids is 1. The first-order valence-corrected chi connectivity index (χ1v) is 13.6. The number of nitrogens with zero attached hydrogens (tertiary/aromatic N) is 1. The Morgan fingerprint density at radius 2 is 1.80 bits per heavy atom. The number of oxazole rings is 1. The predicted octanol–water partition coefficient (Wildman–Crippen LogP) is 7.56. The van der Waals surface area contributed by atoms with Gasteiger partial charge in [0.2, 0.25) is 11.5 Å². The highest BCUT2D eigenvalue weighted by Gasteiger charge is 2.37. The number of halogens is 3. The average molecular weight is 560 g/mol. The Morgan fingerprint density at radius 1 is 1.10 bits per heavy atom. The highest BCUT2D eigenvalue weighted by molar-refractivity contribution is 5.77. The van der Waals surface area contributed by atoms with E-state index < -0.39 is 23.3 Å². The third-order valence-electron chi connectivity index (χ3n) is 7.65. The van der Waals surface area contributed by atoms with Gasteiger partial charge in [-0.25, -0.2) is 9.78 Å². The molecular formula is C31H36F3NO5. The van der Waals surface area contributed by atoms with Crippen molar-refractivity contribution in [3.8, 4) is 5.75 Å². The summed E-state index contributed by atoms with van der Waals surface area (Å²) in [5.74, 6) is 1.11. The minimum Gasteiger partial charge on any atom is -0.493 e. The summed E-state index contributed by atoms with van der Waals surface area (Å²) < 4.78 is 56.7. The smallest absolute Gasteiger partial charge is 0.416 e. The molecule has 1 N–H and O–H groups in total. The SMILES string of the molecule is Cc1oc(C2(C)CCCCC2)nc1CCOc1ccc(CC(C)(OC2=CCC=C(C(F)(F)F)C=C2)C(=O)O)cc1. The number of hydrogen-bond acceptors (Lipinski definition) is 5. The van der Waals surface area contributed by atoms with E-state index in [-0.39, 0.29) is 24.0 Å². The van der Waals surface area contributed by atoms with Crippen LogP contribution in [0.5, 0.6) is 5.75 Å². The summed E-state index contributed by atoms with van der Waals surface area (Å²) in [5.41, 5.74) is -0.904. The highest BCUT2D eigenvalue weighted by atomic mass is 19.4. The summed E-state index contributed by atoms with van der Waals surface area (Å²) in [5, 5.41) is 9.87. The second-order valence-corrected chi connectivity index (χ2v) is 11.0. The molecule has 40 heavy (non-hydrogen) atoms. The van der Waals surface area contributed by atoms with Crippen LogP contribution in [0.3, 0.4) is 0 Å². The van der Waals surface area contributed by atoms with Crippen molar-refractivity contribution in [1.29, 1.82) is 0 Å². The fourth-order valence-electron chi connectivity index (χ4n) is 5.13. The van der Waals surface area contributed by atoms with Crippen molar-refractivity contribution < 1.29 is 37.0 Å². The van der Waals surface area contributed by atoms with Gasteiger partial charge in [0, 0.05) is 18.3 Å². The molecule has 1 unspecified atom stereocenters. The number of aromatic nitrogens is 1. The Morgan fingerprint density at radius 3 is 2.45 bits per heavy atom. The van der Waals surface area contributed by atoms with Crippen LogP contribution >= 0.6 is 0 Å². The van der Waals surface area contributed by atoms with Crippen LogP contribution in [0.2, 0.25) is 0 Å². The fraction of sp³-hybridized carbons (Fsp3) is 0.484. The number of hydrogen-bond donors (Lipinski definition) is 1. The molecule has 0 amide bonds. The van der Waals surface area contributed by atoms with E-state index in [2.05, 4.69) is 6.92 Å². The first-order valence-electron chi connectivity index (χ1n) is 13.6. The van der Waals surface area contributed by atoms with Gasteiger partial charge in [-0.3, -0.25) is 0 Å². The molecule has 1 aromatic heterocycles. The third-order valence-corrected chi connectivity index (χ3v) is 7.65. The summed E-state index contributed by atoms with van der Waals surface area (Å²) in [6.45, 7) is 5.97. The lowest BCUT2D eigenvalue weighted by Gasteiger charge is -2.30. The molecule has 2 aromatic rings. The first-order chi connectivity index (χ1) is 18.9. The molecule has 1 aromatic carbocycles. The molecule has 0 aliphatic heterocycles. The molecule has 2 aliphatic carbocycles. The van der Waals surface area contributed by atoms with Crippen LogP contribution < -0.4 is 4.74 Å². The van der Waals surface area contributed by atoms with Crippen LogP contribution in [0.25, 0.3) is 0 Å². The van der Waals surface area contributed by atoms with Gasteiger partial charge in [-0.15, -0.1) is 0 Å². The number of rotatable bonds is 10. The van der Waals surface area contributed by atoms with E-state index in [9.17, 15) is 23.1 Å². The fourth-order valence-corrected chi connectivity index (χ4v) is 5.13. The molecule has 216 valence electrons. The quantitative estimate of drug-likeness (QED) is 0.324. The number of benzene rings is 1. The molecular weight excluding hydrogens is 523 g/mol. The second kappa shape index (κ2) is 11.9. The molecule has 2 aliphatic rings. The lowest BCUT2D eigenvalue weighted by Crippen LogP contribution is -2.40. The minimum absolute atomic E-state index is 0.00194. The third kappa shape index (κ3) is 7.17. The Balaban J connectivity index is 1.33. The number of carbonyl (C=O) groups is 1. The molecule has 9 heteroatoms. The maximum atomic E-state index is 13.0. The van der Waals surface area contributed by atoms with Crippen LogP contribution in [0, 0.1) is 6.92 Å². The van der Waals surface area contributed by atoms with Crippen LogP contribution in [0.15, 0.2) is 64.3 Å². The number of aliphatic carboxylic acids is 1. The lowest BCUT2D eigenvalue weighted by atomic mass is 9.76. The van der Waals surface area contributed by atoms with Gasteiger partial charge in [0.1, 0.15) is 17.3 Å². The summed E-state index contributed by atoms with van der Waals surface area (Å²) >= 11 is 0. The van der Waals surface area contributed by atoms with Crippen LogP contribution in [0.4, 0.5) is 13.2 Å². The Kier molecular flexibility index (Phi) is 8.80. The average Bonchev–Trinajstić information content (AvgIpc) is 3.11. The Bertz CT molecular complexity index is 1280. The van der Waals surface area contributed by atoms with Crippen molar-refractivity contribution in [1.82, 2.24) is 4.98 Å². The molecule has 4 rings (SSSR count). The molecule has 1 saturated carbocycles. The number of allylic oxidation sites excluding steroid dienone is 5. The predicted molar refractivity (Wildman–Crippen MR) is 144 cm³/mol. The van der Waals surface area contributed by atoms with Crippen molar-refractivity contribution in [2.45, 2.75) is 89.3 Å². The zero-order valence-electron chi connectivity index (χ0n) is 23.1. The van der Waals surface area contributed by atoms with Gasteiger partial charge < -0.3 is 19.0 Å². The van der Waals surface area contributed by atoms with Gasteiger partial charge >= 0.3 is 12.1 Å².